The molecular weight excluding hydrogens is 361 g/mol. The van der Waals surface area contributed by atoms with Crippen LogP contribution in [0.5, 0.6) is 5.75 Å². The van der Waals surface area contributed by atoms with E-state index in [1.165, 1.54) is 19.2 Å². The molecule has 3 nitrogen and oxygen atoms in total. The number of pyridine rings is 1. The number of carbonyl (C=O) groups excluding carboxylic acids is 1. The van der Waals surface area contributed by atoms with E-state index >= 15 is 0 Å². The van der Waals surface area contributed by atoms with Crippen molar-refractivity contribution in [2.45, 2.75) is 6.54 Å². The highest BCUT2D eigenvalue weighted by Gasteiger charge is 2.17. The van der Waals surface area contributed by atoms with Crippen LogP contribution >= 0.6 is 0 Å². The maximum absolute atomic E-state index is 13.9. The van der Waals surface area contributed by atoms with Gasteiger partial charge >= 0.3 is 0 Å². The number of hydrogen-bond donors (Lipinski definition) is 0. The molecule has 5 heteroatoms. The van der Waals surface area contributed by atoms with Gasteiger partial charge in [0, 0.05) is 17.5 Å². The van der Waals surface area contributed by atoms with E-state index in [4.69, 9.17) is 4.74 Å². The molecule has 0 saturated carbocycles. The van der Waals surface area contributed by atoms with Crippen molar-refractivity contribution >= 4 is 16.6 Å². The number of hydrogen-bond acceptors (Lipinski definition) is 2. The Morgan fingerprint density at radius 2 is 1.87 bits per heavy atom. The first kappa shape index (κ1) is 17.1. The Bertz CT molecular complexity index is 851. The average molecular weight is 376 g/mol. The van der Waals surface area contributed by atoms with Gasteiger partial charge in [-0.05, 0) is 23.6 Å². The molecule has 3 rings (SSSR count). The van der Waals surface area contributed by atoms with Crippen molar-refractivity contribution in [3.05, 3.63) is 72.3 Å². The second kappa shape index (κ2) is 7.33. The van der Waals surface area contributed by atoms with Crippen molar-refractivity contribution in [3.63, 3.8) is 0 Å². The van der Waals surface area contributed by atoms with E-state index in [1.54, 1.807) is 10.6 Å². The van der Waals surface area contributed by atoms with E-state index in [9.17, 15) is 9.18 Å². The summed E-state index contributed by atoms with van der Waals surface area (Å²) in [6, 6.07) is 14.1. The van der Waals surface area contributed by atoms with Crippen LogP contribution in [0.15, 0.2) is 60.9 Å². The number of rotatable bonds is 4. The zero-order valence-corrected chi connectivity index (χ0v) is 14.1. The first-order valence-electron chi connectivity index (χ1n) is 6.92. The summed E-state index contributed by atoms with van der Waals surface area (Å²) in [5, 5.41) is 2.13. The van der Waals surface area contributed by atoms with Crippen molar-refractivity contribution in [1.82, 2.24) is 0 Å². The minimum Gasteiger partial charge on any atom is -1.00 e. The Labute approximate surface area is 144 Å². The minimum atomic E-state index is -0.564. The van der Waals surface area contributed by atoms with Gasteiger partial charge in [-0.3, -0.25) is 4.79 Å². The van der Waals surface area contributed by atoms with E-state index in [0.717, 1.165) is 10.8 Å². The van der Waals surface area contributed by atoms with E-state index < -0.39 is 5.82 Å². The largest absolute Gasteiger partial charge is 1.00 e. The molecule has 0 spiro atoms. The number of ether oxygens (including phenoxy) is 1. The van der Waals surface area contributed by atoms with Crippen molar-refractivity contribution in [1.29, 1.82) is 0 Å². The normalized spacial score (nSPS) is 10.2. The van der Waals surface area contributed by atoms with Crippen molar-refractivity contribution in [2.24, 2.45) is 0 Å². The van der Waals surface area contributed by atoms with Gasteiger partial charge in [0.25, 0.3) is 0 Å². The molecule has 0 fully saturated rings. The highest BCUT2D eigenvalue weighted by Crippen LogP contribution is 2.17. The van der Waals surface area contributed by atoms with Crippen LogP contribution in [-0.2, 0) is 6.54 Å². The van der Waals surface area contributed by atoms with Crippen molar-refractivity contribution in [2.75, 3.05) is 7.11 Å². The van der Waals surface area contributed by atoms with Crippen molar-refractivity contribution in [3.8, 4) is 5.75 Å². The smallest absolute Gasteiger partial charge is 0.230 e. The number of nitrogens with zero attached hydrogens (tertiary/aromatic N) is 1. The minimum absolute atomic E-state index is 0. The monoisotopic (exact) mass is 375 g/mol. The quantitative estimate of drug-likeness (QED) is 0.480. The molecule has 0 bridgehead atoms. The topological polar surface area (TPSA) is 30.2 Å². The SMILES string of the molecule is COc1ccc(C(=O)C[n+]2ccc3ccccc3c2)c(F)c1.[Br-]. The maximum Gasteiger partial charge on any atom is 0.230 e. The fourth-order valence-electron chi connectivity index (χ4n) is 2.38. The first-order chi connectivity index (χ1) is 10.7. The Hall–Kier alpha value is -2.27. The fourth-order valence-corrected chi connectivity index (χ4v) is 2.38. The first-order valence-corrected chi connectivity index (χ1v) is 6.92. The number of halogens is 2. The molecule has 0 unspecified atom stereocenters. The molecule has 0 aliphatic carbocycles. The number of fused-ring (bicyclic) bond motifs is 1. The molecular formula is C18H15BrFNO2. The van der Waals surface area contributed by atoms with Crippen LogP contribution in [0.25, 0.3) is 10.8 Å². The highest BCUT2D eigenvalue weighted by molar-refractivity contribution is 5.95. The van der Waals surface area contributed by atoms with Gasteiger partial charge in [0.15, 0.2) is 12.4 Å². The molecule has 2 aromatic carbocycles. The lowest BCUT2D eigenvalue weighted by Crippen LogP contribution is -3.00. The van der Waals surface area contributed by atoms with Crippen LogP contribution in [0.3, 0.4) is 0 Å². The van der Waals surface area contributed by atoms with Gasteiger partial charge in [0.05, 0.1) is 12.7 Å². The van der Waals surface area contributed by atoms with Gasteiger partial charge in [-0.1, -0.05) is 18.2 Å². The van der Waals surface area contributed by atoms with Gasteiger partial charge in [-0.2, -0.15) is 4.57 Å². The van der Waals surface area contributed by atoms with Gasteiger partial charge < -0.3 is 21.7 Å². The van der Waals surface area contributed by atoms with Gasteiger partial charge in [0.2, 0.25) is 12.3 Å². The van der Waals surface area contributed by atoms with Crippen LogP contribution in [-0.4, -0.2) is 12.9 Å². The lowest BCUT2D eigenvalue weighted by Gasteiger charge is -2.04. The van der Waals surface area contributed by atoms with Gasteiger partial charge in [0.1, 0.15) is 11.6 Å². The Morgan fingerprint density at radius 1 is 1.13 bits per heavy atom. The lowest BCUT2D eigenvalue weighted by atomic mass is 10.1. The molecule has 0 amide bonds. The molecule has 3 aromatic rings. The molecule has 118 valence electrons. The third-order valence-corrected chi connectivity index (χ3v) is 3.55. The Balaban J connectivity index is 0.00000192. The maximum atomic E-state index is 13.9. The highest BCUT2D eigenvalue weighted by atomic mass is 79.9. The molecule has 0 saturated heterocycles. The number of carbonyl (C=O) groups is 1. The molecule has 0 radical (unpaired) electrons. The number of ketones is 1. The van der Waals surface area contributed by atoms with Crippen LogP contribution in [0.1, 0.15) is 10.4 Å². The number of aromatic nitrogens is 1. The second-order valence-electron chi connectivity index (χ2n) is 5.02. The molecule has 1 heterocycles. The van der Waals surface area contributed by atoms with Crippen LogP contribution in [0.2, 0.25) is 0 Å². The number of Topliss-reactive ketones (excluding diaryl/α,β-unsaturated/α-hetero) is 1. The van der Waals surface area contributed by atoms with Crippen molar-refractivity contribution < 1.29 is 35.5 Å². The summed E-state index contributed by atoms with van der Waals surface area (Å²) in [5.41, 5.74) is 0.0708. The summed E-state index contributed by atoms with van der Waals surface area (Å²) in [7, 11) is 1.46. The van der Waals surface area contributed by atoms with E-state index in [2.05, 4.69) is 0 Å². The second-order valence-corrected chi connectivity index (χ2v) is 5.02. The third-order valence-electron chi connectivity index (χ3n) is 3.55. The van der Waals surface area contributed by atoms with Crippen LogP contribution in [0, 0.1) is 5.82 Å². The average Bonchev–Trinajstić information content (AvgIpc) is 2.54. The zero-order valence-electron chi connectivity index (χ0n) is 12.5. The van der Waals surface area contributed by atoms with Crippen LogP contribution < -0.4 is 26.3 Å². The molecule has 1 aromatic heterocycles. The summed E-state index contributed by atoms with van der Waals surface area (Å²) in [6.45, 7) is 0.0914. The molecule has 0 atom stereocenters. The standard InChI is InChI=1S/C18H15FNO2.BrH/c1-22-15-6-7-16(17(19)10-15)18(21)12-20-9-8-13-4-2-3-5-14(13)11-20;/h2-11H,12H2,1H3;1H/q+1;/p-1. The third kappa shape index (κ3) is 3.74. The van der Waals surface area contributed by atoms with E-state index in [-0.39, 0.29) is 34.9 Å². The van der Waals surface area contributed by atoms with Crippen LogP contribution in [0.4, 0.5) is 4.39 Å². The summed E-state index contributed by atoms with van der Waals surface area (Å²) >= 11 is 0. The zero-order chi connectivity index (χ0) is 15.5. The van der Waals surface area contributed by atoms with Gasteiger partial charge in [-0.25, -0.2) is 4.39 Å². The lowest BCUT2D eigenvalue weighted by molar-refractivity contribution is -0.681. The molecule has 0 aliphatic heterocycles. The fraction of sp³-hybridized carbons (Fsp3) is 0.111. The summed E-state index contributed by atoms with van der Waals surface area (Å²) in [4.78, 5) is 12.3. The number of methoxy groups -OCH3 is 1. The molecule has 0 N–H and O–H groups in total. The molecule has 0 aliphatic rings. The number of benzene rings is 2. The summed E-state index contributed by atoms with van der Waals surface area (Å²) in [6.07, 6.45) is 3.70. The Morgan fingerprint density at radius 3 is 2.57 bits per heavy atom. The van der Waals surface area contributed by atoms with E-state index in [1.807, 2.05) is 42.7 Å². The summed E-state index contributed by atoms with van der Waals surface area (Å²) in [5.74, 6) is -0.446. The van der Waals surface area contributed by atoms with Gasteiger partial charge in [-0.15, -0.1) is 0 Å². The Kier molecular flexibility index (Phi) is 5.45. The summed E-state index contributed by atoms with van der Waals surface area (Å²) < 4.78 is 20.6. The van der Waals surface area contributed by atoms with E-state index in [0.29, 0.717) is 5.75 Å². The predicted octanol–water partition coefficient (Wildman–Crippen LogP) is 0.162. The molecule has 23 heavy (non-hydrogen) atoms. The predicted molar refractivity (Wildman–Crippen MR) is 81.4 cm³/mol.